The van der Waals surface area contributed by atoms with Crippen LogP contribution in [0, 0.1) is 11.3 Å². The maximum atomic E-state index is 11.9. The third-order valence-electron chi connectivity index (χ3n) is 3.61. The van der Waals surface area contributed by atoms with Gasteiger partial charge < -0.3 is 10.0 Å². The molecule has 1 saturated carbocycles. The summed E-state index contributed by atoms with van der Waals surface area (Å²) in [7, 11) is 0. The molecule has 15 heavy (non-hydrogen) atoms. The molecule has 0 bridgehead atoms. The van der Waals surface area contributed by atoms with Crippen molar-refractivity contribution in [3.8, 4) is 0 Å². The van der Waals surface area contributed by atoms with Gasteiger partial charge in [0.25, 0.3) is 0 Å². The molecule has 2 fully saturated rings. The first kappa shape index (κ1) is 10.2. The standard InChI is InChI=1S/C11H15NO3/c1-2-3-8-6-11(9(8)13)4-5-12(7-11)10(14)15/h2,8H,1,3-7H2,(H,14,15). The van der Waals surface area contributed by atoms with E-state index in [1.54, 1.807) is 6.08 Å². The predicted octanol–water partition coefficient (Wildman–Crippen LogP) is 1.52. The quantitative estimate of drug-likeness (QED) is 0.701. The Balaban J connectivity index is 1.99. The van der Waals surface area contributed by atoms with Crippen LogP contribution in [0.15, 0.2) is 12.7 Å². The molecule has 0 aromatic rings. The van der Waals surface area contributed by atoms with Gasteiger partial charge >= 0.3 is 6.09 Å². The van der Waals surface area contributed by atoms with Crippen molar-refractivity contribution in [3.05, 3.63) is 12.7 Å². The van der Waals surface area contributed by atoms with Gasteiger partial charge in [-0.05, 0) is 19.3 Å². The average Bonchev–Trinajstić information content (AvgIpc) is 2.64. The van der Waals surface area contributed by atoms with Crippen LogP contribution in [0.1, 0.15) is 19.3 Å². The first-order chi connectivity index (χ1) is 7.09. The molecule has 1 saturated heterocycles. The summed E-state index contributed by atoms with van der Waals surface area (Å²) in [6.45, 7) is 4.52. The van der Waals surface area contributed by atoms with Gasteiger partial charge in [0.2, 0.25) is 0 Å². The number of Topliss-reactive ketones (excluding diaryl/α,β-unsaturated/α-hetero) is 1. The van der Waals surface area contributed by atoms with E-state index in [0.717, 1.165) is 12.8 Å². The third kappa shape index (κ3) is 1.44. The molecule has 1 aliphatic carbocycles. The Kier molecular flexibility index (Phi) is 2.29. The Labute approximate surface area is 88.6 Å². The highest BCUT2D eigenvalue weighted by molar-refractivity contribution is 5.94. The van der Waals surface area contributed by atoms with E-state index in [1.807, 2.05) is 0 Å². The minimum atomic E-state index is -0.910. The van der Waals surface area contributed by atoms with Gasteiger partial charge in [-0.2, -0.15) is 0 Å². The number of carbonyl (C=O) groups excluding carboxylic acids is 1. The van der Waals surface area contributed by atoms with Gasteiger partial charge in [-0.15, -0.1) is 6.58 Å². The minimum absolute atomic E-state index is 0.0937. The molecular weight excluding hydrogens is 194 g/mol. The van der Waals surface area contributed by atoms with Gasteiger partial charge in [0.15, 0.2) is 0 Å². The number of carbonyl (C=O) groups is 2. The summed E-state index contributed by atoms with van der Waals surface area (Å²) in [5.74, 6) is 0.336. The topological polar surface area (TPSA) is 57.6 Å². The van der Waals surface area contributed by atoms with Crippen LogP contribution >= 0.6 is 0 Å². The molecule has 0 aromatic heterocycles. The summed E-state index contributed by atoms with van der Waals surface area (Å²) in [6, 6.07) is 0. The number of allylic oxidation sites excluding steroid dienone is 1. The van der Waals surface area contributed by atoms with Gasteiger partial charge in [0, 0.05) is 24.4 Å². The molecule has 1 amide bonds. The molecule has 2 atom stereocenters. The fraction of sp³-hybridized carbons (Fsp3) is 0.636. The van der Waals surface area contributed by atoms with E-state index in [9.17, 15) is 9.59 Å². The van der Waals surface area contributed by atoms with Gasteiger partial charge in [-0.3, -0.25) is 4.79 Å². The van der Waals surface area contributed by atoms with Crippen molar-refractivity contribution in [2.24, 2.45) is 11.3 Å². The van der Waals surface area contributed by atoms with Crippen molar-refractivity contribution in [3.63, 3.8) is 0 Å². The van der Waals surface area contributed by atoms with E-state index in [2.05, 4.69) is 6.58 Å². The first-order valence-corrected chi connectivity index (χ1v) is 5.22. The Hall–Kier alpha value is -1.32. The highest BCUT2D eigenvalue weighted by atomic mass is 16.4. The SMILES string of the molecule is C=CCC1CC2(CCN(C(=O)O)C2)C1=O. The van der Waals surface area contributed by atoms with Crippen molar-refractivity contribution >= 4 is 11.9 Å². The average molecular weight is 209 g/mol. The Morgan fingerprint density at radius 3 is 2.93 bits per heavy atom. The van der Waals surface area contributed by atoms with E-state index in [-0.39, 0.29) is 17.1 Å². The predicted molar refractivity (Wildman–Crippen MR) is 54.6 cm³/mol. The van der Waals surface area contributed by atoms with Crippen molar-refractivity contribution in [2.75, 3.05) is 13.1 Å². The molecular formula is C11H15NO3. The summed E-state index contributed by atoms with van der Waals surface area (Å²) >= 11 is 0. The van der Waals surface area contributed by atoms with Gasteiger partial charge in [-0.1, -0.05) is 6.08 Å². The van der Waals surface area contributed by atoms with Crippen LogP contribution in [0.5, 0.6) is 0 Å². The second-order valence-electron chi connectivity index (χ2n) is 4.52. The molecule has 1 heterocycles. The molecule has 4 nitrogen and oxygen atoms in total. The van der Waals surface area contributed by atoms with Gasteiger partial charge in [-0.25, -0.2) is 4.79 Å². The maximum Gasteiger partial charge on any atom is 0.407 e. The van der Waals surface area contributed by atoms with Crippen molar-refractivity contribution in [1.82, 2.24) is 4.90 Å². The van der Waals surface area contributed by atoms with E-state index < -0.39 is 6.09 Å². The number of rotatable bonds is 2. The summed E-state index contributed by atoms with van der Waals surface area (Å²) in [4.78, 5) is 24.0. The maximum absolute atomic E-state index is 11.9. The lowest BCUT2D eigenvalue weighted by atomic mass is 9.59. The number of likely N-dealkylation sites (tertiary alicyclic amines) is 1. The Morgan fingerprint density at radius 2 is 2.47 bits per heavy atom. The number of hydrogen-bond acceptors (Lipinski definition) is 2. The normalized spacial score (nSPS) is 34.3. The number of amides is 1. The van der Waals surface area contributed by atoms with Crippen LogP contribution in [0.25, 0.3) is 0 Å². The summed E-state index contributed by atoms with van der Waals surface area (Å²) in [5.41, 5.74) is -0.341. The smallest absolute Gasteiger partial charge is 0.407 e. The van der Waals surface area contributed by atoms with Crippen LogP contribution in [-0.2, 0) is 4.79 Å². The second-order valence-corrected chi connectivity index (χ2v) is 4.52. The molecule has 1 N–H and O–H groups in total. The van der Waals surface area contributed by atoms with E-state index in [1.165, 1.54) is 4.90 Å². The minimum Gasteiger partial charge on any atom is -0.465 e. The number of carboxylic acid groups (broad SMARTS) is 1. The molecule has 1 aliphatic heterocycles. The summed E-state index contributed by atoms with van der Waals surface area (Å²) in [6.07, 6.45) is 3.12. The first-order valence-electron chi connectivity index (χ1n) is 5.22. The van der Waals surface area contributed by atoms with Crippen molar-refractivity contribution in [1.29, 1.82) is 0 Å². The molecule has 2 aliphatic rings. The van der Waals surface area contributed by atoms with Gasteiger partial charge in [0.05, 0.1) is 0 Å². The highest BCUT2D eigenvalue weighted by Gasteiger charge is 2.56. The van der Waals surface area contributed by atoms with Gasteiger partial charge in [0.1, 0.15) is 5.78 Å². The van der Waals surface area contributed by atoms with Crippen molar-refractivity contribution < 1.29 is 14.7 Å². The van der Waals surface area contributed by atoms with Crippen LogP contribution in [0.3, 0.4) is 0 Å². The molecule has 1 spiro atoms. The monoisotopic (exact) mass is 209 g/mol. The van der Waals surface area contributed by atoms with E-state index >= 15 is 0 Å². The number of nitrogens with zero attached hydrogens (tertiary/aromatic N) is 1. The summed E-state index contributed by atoms with van der Waals surface area (Å²) in [5, 5.41) is 8.82. The lowest BCUT2D eigenvalue weighted by Gasteiger charge is -2.42. The number of ketones is 1. The van der Waals surface area contributed by atoms with Crippen molar-refractivity contribution in [2.45, 2.75) is 19.3 Å². The number of hydrogen-bond donors (Lipinski definition) is 1. The largest absolute Gasteiger partial charge is 0.465 e. The Bertz CT molecular complexity index is 326. The van der Waals surface area contributed by atoms with Crippen LogP contribution in [-0.4, -0.2) is 35.0 Å². The highest BCUT2D eigenvalue weighted by Crippen LogP contribution is 2.49. The van der Waals surface area contributed by atoms with Crippen LogP contribution < -0.4 is 0 Å². The zero-order chi connectivity index (χ0) is 11.1. The molecule has 2 unspecified atom stereocenters. The lowest BCUT2D eigenvalue weighted by Crippen LogP contribution is -2.50. The zero-order valence-corrected chi connectivity index (χ0v) is 8.61. The molecule has 2 rings (SSSR count). The zero-order valence-electron chi connectivity index (χ0n) is 8.61. The summed E-state index contributed by atoms with van der Waals surface area (Å²) < 4.78 is 0. The van der Waals surface area contributed by atoms with E-state index in [0.29, 0.717) is 19.5 Å². The molecule has 4 heteroatoms. The fourth-order valence-corrected chi connectivity index (χ4v) is 2.76. The molecule has 0 aromatic carbocycles. The van der Waals surface area contributed by atoms with Crippen LogP contribution in [0.4, 0.5) is 4.79 Å². The molecule has 0 radical (unpaired) electrons. The lowest BCUT2D eigenvalue weighted by molar-refractivity contribution is -0.144. The van der Waals surface area contributed by atoms with E-state index in [4.69, 9.17) is 5.11 Å². The third-order valence-corrected chi connectivity index (χ3v) is 3.61. The second kappa shape index (κ2) is 3.36. The van der Waals surface area contributed by atoms with Crippen LogP contribution in [0.2, 0.25) is 0 Å². The Morgan fingerprint density at radius 1 is 1.73 bits per heavy atom. The molecule has 82 valence electrons. The fourth-order valence-electron chi connectivity index (χ4n) is 2.76.